The van der Waals surface area contributed by atoms with Crippen LogP contribution in [-0.2, 0) is 4.74 Å². The van der Waals surface area contributed by atoms with Crippen LogP contribution in [0.3, 0.4) is 0 Å². The third kappa shape index (κ3) is 3.63. The first kappa shape index (κ1) is 11.0. The second-order valence-electron chi connectivity index (χ2n) is 4.02. The Morgan fingerprint density at radius 1 is 1.46 bits per heavy atom. The summed E-state index contributed by atoms with van der Waals surface area (Å²) in [5.74, 6) is 0. The van der Waals surface area contributed by atoms with Gasteiger partial charge in [0.25, 0.3) is 0 Å². The van der Waals surface area contributed by atoms with E-state index in [1.54, 1.807) is 7.11 Å². The van der Waals surface area contributed by atoms with Crippen molar-refractivity contribution >= 4 is 0 Å². The van der Waals surface area contributed by atoms with Crippen LogP contribution in [0, 0.1) is 0 Å². The summed E-state index contributed by atoms with van der Waals surface area (Å²) in [4.78, 5) is 2.52. The van der Waals surface area contributed by atoms with Crippen molar-refractivity contribution < 1.29 is 4.74 Å². The van der Waals surface area contributed by atoms with E-state index >= 15 is 0 Å². The number of ether oxygens (including phenoxy) is 1. The summed E-state index contributed by atoms with van der Waals surface area (Å²) in [6, 6.07) is 1.22. The van der Waals surface area contributed by atoms with Crippen molar-refractivity contribution in [3.05, 3.63) is 0 Å². The zero-order valence-corrected chi connectivity index (χ0v) is 9.05. The Kier molecular flexibility index (Phi) is 4.70. The highest BCUT2D eigenvalue weighted by atomic mass is 16.5. The number of hydrogen-bond acceptors (Lipinski definition) is 3. The monoisotopic (exact) mass is 186 g/mol. The lowest BCUT2D eigenvalue weighted by Crippen LogP contribution is -2.34. The summed E-state index contributed by atoms with van der Waals surface area (Å²) in [5.41, 5.74) is 0. The van der Waals surface area contributed by atoms with Gasteiger partial charge in [0.05, 0.1) is 6.61 Å². The van der Waals surface area contributed by atoms with E-state index in [2.05, 4.69) is 24.1 Å². The Balaban J connectivity index is 2.30. The van der Waals surface area contributed by atoms with E-state index in [1.807, 2.05) is 0 Å². The second-order valence-corrected chi connectivity index (χ2v) is 4.02. The Bertz CT molecular complexity index is 139. The topological polar surface area (TPSA) is 24.5 Å². The molecule has 1 heterocycles. The highest BCUT2D eigenvalue weighted by molar-refractivity contribution is 4.76. The number of methoxy groups -OCH3 is 1. The maximum Gasteiger partial charge on any atom is 0.0616 e. The molecule has 13 heavy (non-hydrogen) atoms. The van der Waals surface area contributed by atoms with Crippen LogP contribution in [-0.4, -0.2) is 50.3 Å². The quantitative estimate of drug-likeness (QED) is 0.702. The summed E-state index contributed by atoms with van der Waals surface area (Å²) < 4.78 is 5.15. The van der Waals surface area contributed by atoms with Crippen LogP contribution < -0.4 is 5.32 Å². The Morgan fingerprint density at radius 3 is 2.85 bits per heavy atom. The fraction of sp³-hybridized carbons (Fsp3) is 1.00. The highest BCUT2D eigenvalue weighted by Crippen LogP contribution is 2.05. The molecule has 0 aliphatic carbocycles. The molecule has 0 bridgehead atoms. The SMILES string of the molecule is COC[C@H]1CCN(C(C)C)CCN1. The van der Waals surface area contributed by atoms with E-state index in [-0.39, 0.29) is 0 Å². The van der Waals surface area contributed by atoms with E-state index in [1.165, 1.54) is 13.0 Å². The molecule has 0 amide bonds. The standard InChI is InChI=1S/C10H22N2O/c1-9(2)12-6-4-10(8-13-3)11-5-7-12/h9-11H,4-8H2,1-3H3/t10-/m1/s1. The van der Waals surface area contributed by atoms with Crippen LogP contribution in [0.4, 0.5) is 0 Å². The number of nitrogens with zero attached hydrogens (tertiary/aromatic N) is 1. The van der Waals surface area contributed by atoms with Gasteiger partial charge in [0.15, 0.2) is 0 Å². The molecule has 0 spiro atoms. The van der Waals surface area contributed by atoms with Crippen molar-refractivity contribution in [1.29, 1.82) is 0 Å². The maximum atomic E-state index is 5.15. The van der Waals surface area contributed by atoms with E-state index in [0.717, 1.165) is 19.7 Å². The lowest BCUT2D eigenvalue weighted by atomic mass is 10.2. The van der Waals surface area contributed by atoms with Gasteiger partial charge < -0.3 is 10.1 Å². The van der Waals surface area contributed by atoms with Crippen LogP contribution in [0.15, 0.2) is 0 Å². The molecule has 0 aromatic carbocycles. The third-order valence-corrected chi connectivity index (χ3v) is 2.69. The summed E-state index contributed by atoms with van der Waals surface area (Å²) >= 11 is 0. The summed E-state index contributed by atoms with van der Waals surface area (Å²) in [5, 5.41) is 3.50. The van der Waals surface area contributed by atoms with Gasteiger partial charge in [0, 0.05) is 38.8 Å². The van der Waals surface area contributed by atoms with Crippen molar-refractivity contribution in [1.82, 2.24) is 10.2 Å². The van der Waals surface area contributed by atoms with Gasteiger partial charge in [0.2, 0.25) is 0 Å². The second kappa shape index (κ2) is 5.58. The molecule has 1 saturated heterocycles. The Morgan fingerprint density at radius 2 is 2.23 bits per heavy atom. The molecule has 3 heteroatoms. The number of rotatable bonds is 3. The van der Waals surface area contributed by atoms with Crippen molar-refractivity contribution in [2.75, 3.05) is 33.4 Å². The Hall–Kier alpha value is -0.120. The lowest BCUT2D eigenvalue weighted by molar-refractivity contribution is 0.162. The van der Waals surface area contributed by atoms with Gasteiger partial charge in [-0.25, -0.2) is 0 Å². The molecule has 1 fully saturated rings. The molecule has 0 unspecified atom stereocenters. The predicted molar refractivity (Wildman–Crippen MR) is 55.0 cm³/mol. The largest absolute Gasteiger partial charge is 0.383 e. The van der Waals surface area contributed by atoms with Crippen LogP contribution in [0.2, 0.25) is 0 Å². The van der Waals surface area contributed by atoms with Crippen molar-refractivity contribution in [3.63, 3.8) is 0 Å². The Labute approximate surface area is 81.4 Å². The van der Waals surface area contributed by atoms with Gasteiger partial charge in [-0.3, -0.25) is 4.90 Å². The van der Waals surface area contributed by atoms with Crippen molar-refractivity contribution in [2.45, 2.75) is 32.4 Å². The van der Waals surface area contributed by atoms with Gasteiger partial charge in [-0.15, -0.1) is 0 Å². The average molecular weight is 186 g/mol. The fourth-order valence-corrected chi connectivity index (χ4v) is 1.81. The van der Waals surface area contributed by atoms with Gasteiger partial charge in [-0.1, -0.05) is 0 Å². The van der Waals surface area contributed by atoms with Gasteiger partial charge in [0.1, 0.15) is 0 Å². The van der Waals surface area contributed by atoms with Crippen LogP contribution >= 0.6 is 0 Å². The summed E-state index contributed by atoms with van der Waals surface area (Å²) in [7, 11) is 1.77. The van der Waals surface area contributed by atoms with Gasteiger partial charge in [-0.2, -0.15) is 0 Å². The minimum absolute atomic E-state index is 0.550. The van der Waals surface area contributed by atoms with E-state index in [4.69, 9.17) is 4.74 Å². The van der Waals surface area contributed by atoms with Crippen LogP contribution in [0.5, 0.6) is 0 Å². The molecule has 0 aromatic heterocycles. The van der Waals surface area contributed by atoms with E-state index in [0.29, 0.717) is 12.1 Å². The van der Waals surface area contributed by atoms with Gasteiger partial charge >= 0.3 is 0 Å². The predicted octanol–water partition coefficient (Wildman–Crippen LogP) is 0.705. The highest BCUT2D eigenvalue weighted by Gasteiger charge is 2.17. The number of hydrogen-bond donors (Lipinski definition) is 1. The molecule has 1 atom stereocenters. The molecule has 1 aliphatic heterocycles. The zero-order valence-electron chi connectivity index (χ0n) is 9.05. The molecule has 0 aromatic rings. The van der Waals surface area contributed by atoms with Crippen LogP contribution in [0.25, 0.3) is 0 Å². The molecule has 1 rings (SSSR count). The zero-order chi connectivity index (χ0) is 9.68. The average Bonchev–Trinajstić information content (AvgIpc) is 2.30. The minimum atomic E-state index is 0.550. The minimum Gasteiger partial charge on any atom is -0.383 e. The molecular formula is C10H22N2O. The fourth-order valence-electron chi connectivity index (χ4n) is 1.81. The third-order valence-electron chi connectivity index (χ3n) is 2.69. The summed E-state index contributed by atoms with van der Waals surface area (Å²) in [6.07, 6.45) is 1.20. The van der Waals surface area contributed by atoms with Crippen molar-refractivity contribution in [3.8, 4) is 0 Å². The van der Waals surface area contributed by atoms with E-state index in [9.17, 15) is 0 Å². The number of nitrogens with one attached hydrogen (secondary N) is 1. The van der Waals surface area contributed by atoms with Crippen LogP contribution in [0.1, 0.15) is 20.3 Å². The lowest BCUT2D eigenvalue weighted by Gasteiger charge is -2.23. The van der Waals surface area contributed by atoms with E-state index < -0.39 is 0 Å². The van der Waals surface area contributed by atoms with Gasteiger partial charge in [-0.05, 0) is 20.3 Å². The molecule has 78 valence electrons. The molecule has 0 saturated carbocycles. The molecule has 1 N–H and O–H groups in total. The first-order valence-electron chi connectivity index (χ1n) is 5.20. The smallest absolute Gasteiger partial charge is 0.0616 e. The first-order valence-corrected chi connectivity index (χ1v) is 5.20. The molecule has 0 radical (unpaired) electrons. The maximum absolute atomic E-state index is 5.15. The molecule has 3 nitrogen and oxygen atoms in total. The van der Waals surface area contributed by atoms with Crippen molar-refractivity contribution in [2.24, 2.45) is 0 Å². The summed E-state index contributed by atoms with van der Waals surface area (Å²) in [6.45, 7) is 8.81. The first-order chi connectivity index (χ1) is 6.24. The molecule has 1 aliphatic rings. The molecular weight excluding hydrogens is 164 g/mol. The normalized spacial score (nSPS) is 26.3.